The maximum absolute atomic E-state index is 11.0. The second-order valence-corrected chi connectivity index (χ2v) is 5.21. The third kappa shape index (κ3) is 1.98. The minimum Gasteiger partial charge on any atom is -0.374 e. The summed E-state index contributed by atoms with van der Waals surface area (Å²) in [5, 5.41) is 0. The molecule has 0 unspecified atom stereocenters. The molecular weight excluding hydrogens is 214 g/mol. The highest BCUT2D eigenvalue weighted by Crippen LogP contribution is 2.28. The van der Waals surface area contributed by atoms with Crippen LogP contribution in [0, 0.1) is 0 Å². The van der Waals surface area contributed by atoms with E-state index in [1.165, 1.54) is 12.1 Å². The summed E-state index contributed by atoms with van der Waals surface area (Å²) in [4.78, 5) is 1.98. The first kappa shape index (κ1) is 10.4. The summed E-state index contributed by atoms with van der Waals surface area (Å²) in [6, 6.07) is 4.76. The van der Waals surface area contributed by atoms with Crippen molar-refractivity contribution in [3.05, 3.63) is 23.8 Å². The van der Waals surface area contributed by atoms with Crippen LogP contribution >= 0.6 is 0 Å². The highest BCUT2D eigenvalue weighted by atomic mass is 32.2. The second kappa shape index (κ2) is 3.50. The summed E-state index contributed by atoms with van der Waals surface area (Å²) in [6.07, 6.45) is 2.04. The zero-order valence-corrected chi connectivity index (χ0v) is 9.29. The van der Waals surface area contributed by atoms with Gasteiger partial charge < -0.3 is 4.90 Å². The van der Waals surface area contributed by atoms with Crippen LogP contribution in [-0.2, 0) is 16.5 Å². The molecule has 0 atom stereocenters. The highest BCUT2D eigenvalue weighted by Gasteiger charge is 2.17. The van der Waals surface area contributed by atoms with Gasteiger partial charge in [-0.2, -0.15) is 8.42 Å². The van der Waals surface area contributed by atoms with Crippen LogP contribution in [-0.4, -0.2) is 26.6 Å². The van der Waals surface area contributed by atoms with Gasteiger partial charge in [0, 0.05) is 19.3 Å². The van der Waals surface area contributed by atoms with Gasteiger partial charge in [-0.15, -0.1) is 0 Å². The molecule has 0 spiro atoms. The van der Waals surface area contributed by atoms with Gasteiger partial charge in [0.25, 0.3) is 10.1 Å². The van der Waals surface area contributed by atoms with Crippen molar-refractivity contribution in [1.82, 2.24) is 0 Å². The lowest BCUT2D eigenvalue weighted by molar-refractivity contribution is 0.483. The Morgan fingerprint density at radius 1 is 1.40 bits per heavy atom. The number of hydrogen-bond donors (Lipinski definition) is 1. The Hall–Kier alpha value is -1.07. The Balaban J connectivity index is 2.53. The van der Waals surface area contributed by atoms with Crippen LogP contribution in [0.15, 0.2) is 23.1 Å². The molecule has 0 saturated carbocycles. The topological polar surface area (TPSA) is 57.6 Å². The third-order valence-electron chi connectivity index (χ3n) is 2.71. The van der Waals surface area contributed by atoms with Crippen LogP contribution in [0.25, 0.3) is 0 Å². The molecule has 0 radical (unpaired) electrons. The molecule has 0 saturated heterocycles. The van der Waals surface area contributed by atoms with E-state index < -0.39 is 10.1 Å². The van der Waals surface area contributed by atoms with Gasteiger partial charge in [0.1, 0.15) is 0 Å². The average Bonchev–Trinajstić information content (AvgIpc) is 2.16. The van der Waals surface area contributed by atoms with Crippen molar-refractivity contribution in [3.8, 4) is 0 Å². The third-order valence-corrected chi connectivity index (χ3v) is 3.56. The van der Waals surface area contributed by atoms with Crippen LogP contribution in [0.4, 0.5) is 5.69 Å². The normalized spacial score (nSPS) is 16.3. The fraction of sp³-hybridized carbons (Fsp3) is 0.400. The van der Waals surface area contributed by atoms with E-state index in [0.717, 1.165) is 30.6 Å². The lowest BCUT2D eigenvalue weighted by atomic mass is 10.0. The van der Waals surface area contributed by atoms with Gasteiger partial charge in [-0.05, 0) is 30.5 Å². The first-order valence-corrected chi connectivity index (χ1v) is 6.24. The van der Waals surface area contributed by atoms with Crippen LogP contribution in [0.3, 0.4) is 0 Å². The molecule has 1 aliphatic heterocycles. The Bertz CT molecular complexity index is 481. The fourth-order valence-corrected chi connectivity index (χ4v) is 2.40. The molecule has 1 N–H and O–H groups in total. The Labute approximate surface area is 89.3 Å². The quantitative estimate of drug-likeness (QED) is 0.735. The molecule has 15 heavy (non-hydrogen) atoms. The van der Waals surface area contributed by atoms with E-state index >= 15 is 0 Å². The number of rotatable bonds is 1. The predicted molar refractivity (Wildman–Crippen MR) is 57.8 cm³/mol. The average molecular weight is 227 g/mol. The molecule has 0 amide bonds. The summed E-state index contributed by atoms with van der Waals surface area (Å²) in [7, 11) is -2.16. The molecule has 0 aliphatic carbocycles. The number of fused-ring (bicyclic) bond motifs is 1. The molecule has 1 heterocycles. The van der Waals surface area contributed by atoms with E-state index in [1.807, 2.05) is 11.9 Å². The van der Waals surface area contributed by atoms with E-state index in [-0.39, 0.29) is 4.90 Å². The molecule has 0 fully saturated rings. The number of hydrogen-bond acceptors (Lipinski definition) is 3. The van der Waals surface area contributed by atoms with Crippen LogP contribution in [0.2, 0.25) is 0 Å². The van der Waals surface area contributed by atoms with Crippen molar-refractivity contribution in [2.45, 2.75) is 17.7 Å². The summed E-state index contributed by atoms with van der Waals surface area (Å²) in [6.45, 7) is 0.919. The maximum atomic E-state index is 11.0. The number of aryl methyl sites for hydroxylation is 1. The van der Waals surface area contributed by atoms with Crippen molar-refractivity contribution in [3.63, 3.8) is 0 Å². The summed E-state index contributed by atoms with van der Waals surface area (Å²) < 4.78 is 30.9. The molecule has 0 bridgehead atoms. The Kier molecular flexibility index (Phi) is 2.44. The van der Waals surface area contributed by atoms with Crippen molar-refractivity contribution < 1.29 is 13.0 Å². The molecule has 5 heteroatoms. The van der Waals surface area contributed by atoms with E-state index in [1.54, 1.807) is 6.07 Å². The van der Waals surface area contributed by atoms with Crippen LogP contribution in [0.5, 0.6) is 0 Å². The van der Waals surface area contributed by atoms with Gasteiger partial charge in [0.05, 0.1) is 4.90 Å². The van der Waals surface area contributed by atoms with Gasteiger partial charge in [0.15, 0.2) is 0 Å². The molecular formula is C10H13NO3S. The first-order valence-electron chi connectivity index (χ1n) is 4.80. The maximum Gasteiger partial charge on any atom is 0.294 e. The van der Waals surface area contributed by atoms with Crippen molar-refractivity contribution in [1.29, 1.82) is 0 Å². The van der Waals surface area contributed by atoms with E-state index in [9.17, 15) is 8.42 Å². The summed E-state index contributed by atoms with van der Waals surface area (Å²) in [5.74, 6) is 0. The van der Waals surface area contributed by atoms with E-state index in [2.05, 4.69) is 0 Å². The highest BCUT2D eigenvalue weighted by molar-refractivity contribution is 7.85. The van der Waals surface area contributed by atoms with Crippen LogP contribution < -0.4 is 4.90 Å². The first-order chi connectivity index (χ1) is 6.98. The second-order valence-electron chi connectivity index (χ2n) is 3.79. The SMILES string of the molecule is CN1CCCc2ccc(S(=O)(=O)O)cc21. The zero-order chi connectivity index (χ0) is 11.1. The number of nitrogens with zero attached hydrogens (tertiary/aromatic N) is 1. The fourth-order valence-electron chi connectivity index (χ4n) is 1.90. The van der Waals surface area contributed by atoms with Gasteiger partial charge in [-0.1, -0.05) is 6.07 Å². The smallest absolute Gasteiger partial charge is 0.294 e. The van der Waals surface area contributed by atoms with Gasteiger partial charge in [0.2, 0.25) is 0 Å². The standard InChI is InChI=1S/C10H13NO3S/c1-11-6-2-3-8-4-5-9(7-10(8)11)15(12,13)14/h4-5,7H,2-3,6H2,1H3,(H,12,13,14). The number of benzene rings is 1. The monoisotopic (exact) mass is 227 g/mol. The lowest BCUT2D eigenvalue weighted by Crippen LogP contribution is -2.24. The van der Waals surface area contributed by atoms with E-state index in [0.29, 0.717) is 0 Å². The lowest BCUT2D eigenvalue weighted by Gasteiger charge is -2.27. The molecule has 82 valence electrons. The predicted octanol–water partition coefficient (Wildman–Crippen LogP) is 1.32. The van der Waals surface area contributed by atoms with Crippen LogP contribution in [0.1, 0.15) is 12.0 Å². The minimum absolute atomic E-state index is 0.0324. The number of anilines is 1. The van der Waals surface area contributed by atoms with Gasteiger partial charge >= 0.3 is 0 Å². The zero-order valence-electron chi connectivity index (χ0n) is 8.47. The van der Waals surface area contributed by atoms with Crippen molar-refractivity contribution >= 4 is 15.8 Å². The Morgan fingerprint density at radius 2 is 2.13 bits per heavy atom. The summed E-state index contributed by atoms with van der Waals surface area (Å²) in [5.41, 5.74) is 2.03. The molecule has 2 rings (SSSR count). The molecule has 0 aromatic heterocycles. The molecule has 1 aromatic rings. The van der Waals surface area contributed by atoms with Gasteiger partial charge in [-0.3, -0.25) is 4.55 Å². The van der Waals surface area contributed by atoms with Gasteiger partial charge in [-0.25, -0.2) is 0 Å². The molecule has 4 nitrogen and oxygen atoms in total. The van der Waals surface area contributed by atoms with Crippen molar-refractivity contribution in [2.24, 2.45) is 0 Å². The van der Waals surface area contributed by atoms with Crippen molar-refractivity contribution in [2.75, 3.05) is 18.5 Å². The molecule has 1 aliphatic rings. The summed E-state index contributed by atoms with van der Waals surface area (Å²) >= 11 is 0. The van der Waals surface area contributed by atoms with E-state index in [4.69, 9.17) is 4.55 Å². The Morgan fingerprint density at radius 3 is 2.80 bits per heavy atom. The molecule has 1 aromatic carbocycles. The largest absolute Gasteiger partial charge is 0.374 e. The minimum atomic E-state index is -4.09.